The van der Waals surface area contributed by atoms with Crippen molar-refractivity contribution in [2.45, 2.75) is 25.9 Å². The molecule has 2 heterocycles. The van der Waals surface area contributed by atoms with Crippen LogP contribution in [0.5, 0.6) is 0 Å². The third-order valence-corrected chi connectivity index (χ3v) is 3.57. The topological polar surface area (TPSA) is 59.0 Å². The molecule has 2 aromatic rings. The summed E-state index contributed by atoms with van der Waals surface area (Å²) < 4.78 is 1.97. The van der Waals surface area contributed by atoms with Crippen molar-refractivity contribution in [2.75, 3.05) is 13.1 Å². The summed E-state index contributed by atoms with van der Waals surface area (Å²) in [6, 6.07) is 8.17. The van der Waals surface area contributed by atoms with Crippen LogP contribution in [-0.2, 0) is 11.3 Å². The number of carbonyl (C=O) groups is 1. The molecule has 1 aliphatic heterocycles. The molecule has 0 bridgehead atoms. The Balaban J connectivity index is 1.77. The van der Waals surface area contributed by atoms with Gasteiger partial charge in [0.25, 0.3) is 0 Å². The Bertz CT molecular complexity index is 599. The van der Waals surface area contributed by atoms with Gasteiger partial charge in [-0.05, 0) is 32.0 Å². The van der Waals surface area contributed by atoms with E-state index in [9.17, 15) is 4.79 Å². The van der Waals surface area contributed by atoms with E-state index in [2.05, 4.69) is 15.6 Å². The van der Waals surface area contributed by atoms with E-state index in [-0.39, 0.29) is 11.9 Å². The summed E-state index contributed by atoms with van der Waals surface area (Å²) in [7, 11) is 0. The van der Waals surface area contributed by atoms with Crippen molar-refractivity contribution in [1.82, 2.24) is 20.2 Å². The number of aryl methyl sites for hydroxylation is 1. The first kappa shape index (κ1) is 12.2. The van der Waals surface area contributed by atoms with Gasteiger partial charge in [0.15, 0.2) is 0 Å². The summed E-state index contributed by atoms with van der Waals surface area (Å²) in [5, 5.41) is 6.30. The van der Waals surface area contributed by atoms with Gasteiger partial charge >= 0.3 is 0 Å². The molecule has 0 radical (unpaired) electrons. The van der Waals surface area contributed by atoms with Crippen LogP contribution in [0.25, 0.3) is 11.0 Å². The first-order valence-corrected chi connectivity index (χ1v) is 6.66. The Morgan fingerprint density at radius 1 is 1.53 bits per heavy atom. The maximum Gasteiger partial charge on any atom is 0.240 e. The highest BCUT2D eigenvalue weighted by molar-refractivity contribution is 5.81. The zero-order chi connectivity index (χ0) is 13.2. The molecule has 1 saturated heterocycles. The average molecular weight is 258 g/mol. The van der Waals surface area contributed by atoms with Gasteiger partial charge in [-0.15, -0.1) is 0 Å². The number of amides is 1. The summed E-state index contributed by atoms with van der Waals surface area (Å²) in [5.74, 6) is 0.931. The molecule has 0 spiro atoms. The number of para-hydroxylation sites is 2. The minimum atomic E-state index is 0.0555. The molecule has 5 nitrogen and oxygen atoms in total. The van der Waals surface area contributed by atoms with Gasteiger partial charge in [0.2, 0.25) is 5.91 Å². The summed E-state index contributed by atoms with van der Waals surface area (Å²) >= 11 is 0. The number of benzene rings is 1. The van der Waals surface area contributed by atoms with Crippen LogP contribution in [-0.4, -0.2) is 34.6 Å². The highest BCUT2D eigenvalue weighted by Crippen LogP contribution is 2.15. The number of nitrogens with zero attached hydrogens (tertiary/aromatic N) is 2. The Kier molecular flexibility index (Phi) is 3.21. The third kappa shape index (κ3) is 2.46. The summed E-state index contributed by atoms with van der Waals surface area (Å²) in [4.78, 5) is 16.5. The fourth-order valence-corrected chi connectivity index (χ4v) is 2.59. The maximum absolute atomic E-state index is 12.1. The van der Waals surface area contributed by atoms with Crippen LogP contribution >= 0.6 is 0 Å². The quantitative estimate of drug-likeness (QED) is 0.857. The zero-order valence-electron chi connectivity index (χ0n) is 11.0. The van der Waals surface area contributed by atoms with Crippen LogP contribution in [0.4, 0.5) is 0 Å². The van der Waals surface area contributed by atoms with Crippen molar-refractivity contribution in [3.8, 4) is 0 Å². The molecule has 1 aromatic heterocycles. The molecule has 0 saturated carbocycles. The number of aromatic nitrogens is 2. The number of hydrogen-bond donors (Lipinski definition) is 2. The lowest BCUT2D eigenvalue weighted by Gasteiger charge is -2.12. The molecule has 1 fully saturated rings. The van der Waals surface area contributed by atoms with Crippen LogP contribution in [0.1, 0.15) is 12.2 Å². The monoisotopic (exact) mass is 258 g/mol. The van der Waals surface area contributed by atoms with Gasteiger partial charge in [0.1, 0.15) is 12.4 Å². The molecule has 2 N–H and O–H groups in total. The molecular weight excluding hydrogens is 240 g/mol. The van der Waals surface area contributed by atoms with Crippen LogP contribution in [0, 0.1) is 6.92 Å². The molecule has 1 aromatic carbocycles. The third-order valence-electron chi connectivity index (χ3n) is 3.57. The molecule has 5 heteroatoms. The molecular formula is C14H18N4O. The second kappa shape index (κ2) is 5.01. The van der Waals surface area contributed by atoms with E-state index in [1.54, 1.807) is 0 Å². The summed E-state index contributed by atoms with van der Waals surface area (Å²) in [5.41, 5.74) is 1.95. The van der Waals surface area contributed by atoms with Gasteiger partial charge in [-0.25, -0.2) is 4.98 Å². The number of nitrogens with one attached hydrogen (secondary N) is 2. The fourth-order valence-electron chi connectivity index (χ4n) is 2.59. The number of imidazole rings is 1. The SMILES string of the molecule is Cc1nc2ccccc2n1CC(=O)NC1CCNC1. The molecule has 1 unspecified atom stereocenters. The van der Waals surface area contributed by atoms with Gasteiger partial charge in [-0.1, -0.05) is 12.1 Å². The Morgan fingerprint density at radius 3 is 3.16 bits per heavy atom. The predicted octanol–water partition coefficient (Wildman–Crippen LogP) is 0.823. The van der Waals surface area contributed by atoms with E-state index < -0.39 is 0 Å². The highest BCUT2D eigenvalue weighted by atomic mass is 16.2. The van der Waals surface area contributed by atoms with Crippen molar-refractivity contribution in [3.63, 3.8) is 0 Å². The number of hydrogen-bond acceptors (Lipinski definition) is 3. The van der Waals surface area contributed by atoms with E-state index in [4.69, 9.17) is 0 Å². The minimum Gasteiger partial charge on any atom is -0.350 e. The van der Waals surface area contributed by atoms with E-state index in [0.717, 1.165) is 36.4 Å². The molecule has 3 rings (SSSR count). The van der Waals surface area contributed by atoms with Crippen LogP contribution in [0.2, 0.25) is 0 Å². The van der Waals surface area contributed by atoms with Crippen molar-refractivity contribution in [3.05, 3.63) is 30.1 Å². The van der Waals surface area contributed by atoms with Gasteiger partial charge in [0, 0.05) is 12.6 Å². The molecule has 1 aliphatic rings. The van der Waals surface area contributed by atoms with Gasteiger partial charge < -0.3 is 15.2 Å². The van der Waals surface area contributed by atoms with Crippen molar-refractivity contribution in [2.24, 2.45) is 0 Å². The lowest BCUT2D eigenvalue weighted by molar-refractivity contribution is -0.122. The van der Waals surface area contributed by atoms with Gasteiger partial charge in [0.05, 0.1) is 11.0 Å². The highest BCUT2D eigenvalue weighted by Gasteiger charge is 2.17. The van der Waals surface area contributed by atoms with E-state index >= 15 is 0 Å². The van der Waals surface area contributed by atoms with Gasteiger partial charge in [-0.3, -0.25) is 4.79 Å². The second-order valence-corrected chi connectivity index (χ2v) is 4.99. The van der Waals surface area contributed by atoms with Crippen LogP contribution in [0.3, 0.4) is 0 Å². The lowest BCUT2D eigenvalue weighted by Crippen LogP contribution is -2.38. The Morgan fingerprint density at radius 2 is 2.37 bits per heavy atom. The average Bonchev–Trinajstić information content (AvgIpc) is 2.99. The molecule has 0 aliphatic carbocycles. The van der Waals surface area contributed by atoms with E-state index in [0.29, 0.717) is 6.54 Å². The largest absolute Gasteiger partial charge is 0.350 e. The standard InChI is InChI=1S/C14H18N4O/c1-10-16-12-4-2-3-5-13(12)18(10)9-14(19)17-11-6-7-15-8-11/h2-5,11,15H,6-9H2,1H3,(H,17,19). The van der Waals surface area contributed by atoms with Crippen molar-refractivity contribution in [1.29, 1.82) is 0 Å². The normalized spacial score (nSPS) is 18.9. The number of fused-ring (bicyclic) bond motifs is 1. The molecule has 19 heavy (non-hydrogen) atoms. The second-order valence-electron chi connectivity index (χ2n) is 4.99. The zero-order valence-corrected chi connectivity index (χ0v) is 11.0. The summed E-state index contributed by atoms with van der Waals surface area (Å²) in [6.07, 6.45) is 1.01. The smallest absolute Gasteiger partial charge is 0.240 e. The first-order chi connectivity index (χ1) is 9.24. The minimum absolute atomic E-state index is 0.0555. The lowest BCUT2D eigenvalue weighted by atomic mass is 10.2. The molecule has 1 amide bonds. The maximum atomic E-state index is 12.1. The number of carbonyl (C=O) groups excluding carboxylic acids is 1. The van der Waals surface area contributed by atoms with Crippen LogP contribution in [0.15, 0.2) is 24.3 Å². The van der Waals surface area contributed by atoms with Crippen molar-refractivity contribution < 1.29 is 4.79 Å². The molecule has 1 atom stereocenters. The van der Waals surface area contributed by atoms with Crippen molar-refractivity contribution >= 4 is 16.9 Å². The predicted molar refractivity (Wildman–Crippen MR) is 73.9 cm³/mol. The Labute approximate surface area is 112 Å². The summed E-state index contributed by atoms with van der Waals surface area (Å²) in [6.45, 7) is 4.13. The van der Waals surface area contributed by atoms with Crippen LogP contribution < -0.4 is 10.6 Å². The fraction of sp³-hybridized carbons (Fsp3) is 0.429. The molecule has 100 valence electrons. The Hall–Kier alpha value is -1.88. The van der Waals surface area contributed by atoms with Gasteiger partial charge in [-0.2, -0.15) is 0 Å². The van der Waals surface area contributed by atoms with E-state index in [1.807, 2.05) is 35.8 Å². The van der Waals surface area contributed by atoms with E-state index in [1.165, 1.54) is 0 Å². The first-order valence-electron chi connectivity index (χ1n) is 6.66. The number of rotatable bonds is 3.